The molecule has 0 amide bonds. The first-order valence-corrected chi connectivity index (χ1v) is 6.76. The molecule has 2 rings (SSSR count). The maximum absolute atomic E-state index is 9.96. The molecule has 3 nitrogen and oxygen atoms in total. The van der Waals surface area contributed by atoms with Crippen molar-refractivity contribution in [3.05, 3.63) is 22.2 Å². The Morgan fingerprint density at radius 3 is 2.76 bits per heavy atom. The highest BCUT2D eigenvalue weighted by molar-refractivity contribution is 9.10. The summed E-state index contributed by atoms with van der Waals surface area (Å²) in [5, 5.41) is 13.3. The van der Waals surface area contributed by atoms with Crippen LogP contribution in [-0.4, -0.2) is 25.3 Å². The van der Waals surface area contributed by atoms with Gasteiger partial charge in [-0.3, -0.25) is 0 Å². The van der Waals surface area contributed by atoms with Crippen LogP contribution in [0.15, 0.2) is 16.6 Å². The van der Waals surface area contributed by atoms with Crippen LogP contribution in [-0.2, 0) is 6.42 Å². The Morgan fingerprint density at radius 2 is 2.12 bits per heavy atom. The van der Waals surface area contributed by atoms with Gasteiger partial charge in [-0.25, -0.2) is 0 Å². The summed E-state index contributed by atoms with van der Waals surface area (Å²) in [5.74, 6) is 1.68. The fourth-order valence-corrected chi connectivity index (χ4v) is 2.85. The number of aromatic hydroxyl groups is 1. The highest BCUT2D eigenvalue weighted by Gasteiger charge is 2.16. The van der Waals surface area contributed by atoms with E-state index < -0.39 is 0 Å². The summed E-state index contributed by atoms with van der Waals surface area (Å²) in [5.41, 5.74) is 1.00. The van der Waals surface area contributed by atoms with Crippen LogP contribution >= 0.6 is 15.9 Å². The molecule has 0 unspecified atom stereocenters. The molecular formula is C13H18BrNO2. The van der Waals surface area contributed by atoms with E-state index in [9.17, 15) is 5.11 Å². The van der Waals surface area contributed by atoms with Crippen LogP contribution in [0.1, 0.15) is 18.4 Å². The van der Waals surface area contributed by atoms with Crippen LogP contribution < -0.4 is 10.1 Å². The summed E-state index contributed by atoms with van der Waals surface area (Å²) in [6.07, 6.45) is 3.31. The van der Waals surface area contributed by atoms with E-state index in [1.54, 1.807) is 13.2 Å². The third kappa shape index (κ3) is 3.13. The molecule has 0 atom stereocenters. The Labute approximate surface area is 110 Å². The van der Waals surface area contributed by atoms with Gasteiger partial charge in [0.25, 0.3) is 0 Å². The van der Waals surface area contributed by atoms with Crippen molar-refractivity contribution in [3.8, 4) is 11.5 Å². The van der Waals surface area contributed by atoms with Gasteiger partial charge in [-0.2, -0.15) is 0 Å². The Morgan fingerprint density at radius 1 is 1.41 bits per heavy atom. The molecule has 0 saturated carbocycles. The van der Waals surface area contributed by atoms with Crippen LogP contribution in [0, 0.1) is 5.92 Å². The van der Waals surface area contributed by atoms with Gasteiger partial charge in [0.2, 0.25) is 0 Å². The van der Waals surface area contributed by atoms with Crippen molar-refractivity contribution in [2.45, 2.75) is 19.3 Å². The molecule has 1 saturated heterocycles. The molecule has 1 aliphatic heterocycles. The number of phenolic OH excluding ortho intramolecular Hbond substituents is 1. The van der Waals surface area contributed by atoms with Gasteiger partial charge in [-0.05, 0) is 65.8 Å². The van der Waals surface area contributed by atoms with E-state index in [1.807, 2.05) is 6.07 Å². The molecule has 0 spiro atoms. The first-order valence-electron chi connectivity index (χ1n) is 5.97. The van der Waals surface area contributed by atoms with Crippen molar-refractivity contribution in [1.82, 2.24) is 5.32 Å². The highest BCUT2D eigenvalue weighted by Crippen LogP contribution is 2.34. The number of halogens is 1. The summed E-state index contributed by atoms with van der Waals surface area (Å²) < 4.78 is 6.06. The van der Waals surface area contributed by atoms with E-state index in [1.165, 1.54) is 12.8 Å². The maximum Gasteiger partial charge on any atom is 0.136 e. The minimum Gasteiger partial charge on any atom is -0.508 e. The van der Waals surface area contributed by atoms with E-state index in [0.29, 0.717) is 17.4 Å². The number of hydrogen-bond acceptors (Lipinski definition) is 3. The molecule has 1 aromatic rings. The van der Waals surface area contributed by atoms with Gasteiger partial charge >= 0.3 is 0 Å². The first-order chi connectivity index (χ1) is 8.20. The van der Waals surface area contributed by atoms with Crippen molar-refractivity contribution in [2.24, 2.45) is 5.92 Å². The topological polar surface area (TPSA) is 41.5 Å². The number of rotatable bonds is 3. The largest absolute Gasteiger partial charge is 0.508 e. The van der Waals surface area contributed by atoms with E-state index in [4.69, 9.17) is 4.74 Å². The van der Waals surface area contributed by atoms with E-state index in [0.717, 1.165) is 29.5 Å². The van der Waals surface area contributed by atoms with Gasteiger partial charge in [0.15, 0.2) is 0 Å². The number of nitrogens with one attached hydrogen (secondary N) is 1. The summed E-state index contributed by atoms with van der Waals surface area (Å²) >= 11 is 3.46. The zero-order valence-electron chi connectivity index (χ0n) is 10.0. The molecule has 0 aromatic heterocycles. The van der Waals surface area contributed by atoms with Gasteiger partial charge < -0.3 is 15.2 Å². The second kappa shape index (κ2) is 5.74. The lowest BCUT2D eigenvalue weighted by Crippen LogP contribution is -2.28. The molecule has 1 aromatic carbocycles. The number of piperidine rings is 1. The van der Waals surface area contributed by atoms with Crippen LogP contribution in [0.25, 0.3) is 0 Å². The Hall–Kier alpha value is -0.740. The fraction of sp³-hybridized carbons (Fsp3) is 0.538. The summed E-state index contributed by atoms with van der Waals surface area (Å²) in [6.45, 7) is 2.17. The van der Waals surface area contributed by atoms with Crippen molar-refractivity contribution >= 4 is 15.9 Å². The molecule has 0 bridgehead atoms. The molecule has 0 radical (unpaired) electrons. The fourth-order valence-electron chi connectivity index (χ4n) is 2.30. The molecule has 1 heterocycles. The average molecular weight is 300 g/mol. The third-order valence-corrected chi connectivity index (χ3v) is 3.94. The van der Waals surface area contributed by atoms with Gasteiger partial charge in [0, 0.05) is 6.07 Å². The van der Waals surface area contributed by atoms with Crippen molar-refractivity contribution in [3.63, 3.8) is 0 Å². The predicted octanol–water partition coefficient (Wildman–Crippen LogP) is 2.71. The number of phenols is 1. The lowest BCUT2D eigenvalue weighted by Gasteiger charge is -2.23. The van der Waals surface area contributed by atoms with Crippen molar-refractivity contribution in [2.75, 3.05) is 20.2 Å². The highest BCUT2D eigenvalue weighted by atomic mass is 79.9. The van der Waals surface area contributed by atoms with Crippen LogP contribution in [0.5, 0.6) is 11.5 Å². The minimum atomic E-state index is 0.337. The number of ether oxygens (including phenoxy) is 1. The summed E-state index contributed by atoms with van der Waals surface area (Å²) in [4.78, 5) is 0. The smallest absolute Gasteiger partial charge is 0.136 e. The first kappa shape index (κ1) is 12.7. The number of benzene rings is 1. The Kier molecular flexibility index (Phi) is 4.29. The molecule has 17 heavy (non-hydrogen) atoms. The SMILES string of the molecule is COc1cc(O)c(CC2CCNCC2)cc1Br. The summed E-state index contributed by atoms with van der Waals surface area (Å²) in [7, 11) is 1.60. The molecule has 1 aliphatic rings. The van der Waals surface area contributed by atoms with Gasteiger partial charge in [0.05, 0.1) is 11.6 Å². The number of hydrogen-bond donors (Lipinski definition) is 2. The molecule has 2 N–H and O–H groups in total. The maximum atomic E-state index is 9.96. The van der Waals surface area contributed by atoms with Crippen LogP contribution in [0.2, 0.25) is 0 Å². The minimum absolute atomic E-state index is 0.337. The van der Waals surface area contributed by atoms with Crippen molar-refractivity contribution < 1.29 is 9.84 Å². The van der Waals surface area contributed by atoms with Gasteiger partial charge in [-0.1, -0.05) is 0 Å². The van der Waals surface area contributed by atoms with Gasteiger partial charge in [0.1, 0.15) is 11.5 Å². The molecule has 94 valence electrons. The number of methoxy groups -OCH3 is 1. The average Bonchev–Trinajstić information content (AvgIpc) is 2.34. The van der Waals surface area contributed by atoms with E-state index >= 15 is 0 Å². The lowest BCUT2D eigenvalue weighted by atomic mass is 9.90. The standard InChI is InChI=1S/C13H18BrNO2/c1-17-13-8-12(16)10(7-11(13)14)6-9-2-4-15-5-3-9/h7-9,15-16H,2-6H2,1H3. The third-order valence-electron chi connectivity index (χ3n) is 3.32. The zero-order valence-corrected chi connectivity index (χ0v) is 11.6. The predicted molar refractivity (Wildman–Crippen MR) is 71.7 cm³/mol. The Balaban J connectivity index is 2.12. The second-order valence-corrected chi connectivity index (χ2v) is 5.37. The van der Waals surface area contributed by atoms with E-state index in [-0.39, 0.29) is 0 Å². The normalized spacial score (nSPS) is 17.1. The lowest BCUT2D eigenvalue weighted by molar-refractivity contribution is 0.364. The van der Waals surface area contributed by atoms with Gasteiger partial charge in [-0.15, -0.1) is 0 Å². The quantitative estimate of drug-likeness (QED) is 0.902. The molecule has 0 aliphatic carbocycles. The summed E-state index contributed by atoms with van der Waals surface area (Å²) in [6, 6.07) is 3.65. The van der Waals surface area contributed by atoms with Crippen molar-refractivity contribution in [1.29, 1.82) is 0 Å². The molecule has 1 fully saturated rings. The molecular weight excluding hydrogens is 282 g/mol. The monoisotopic (exact) mass is 299 g/mol. The van der Waals surface area contributed by atoms with Crippen LogP contribution in [0.3, 0.4) is 0 Å². The van der Waals surface area contributed by atoms with E-state index in [2.05, 4.69) is 21.2 Å². The van der Waals surface area contributed by atoms with Crippen LogP contribution in [0.4, 0.5) is 0 Å². The Bertz CT molecular complexity index is 389. The zero-order chi connectivity index (χ0) is 12.3. The second-order valence-electron chi connectivity index (χ2n) is 4.51. The molecule has 4 heteroatoms.